The van der Waals surface area contributed by atoms with Crippen molar-refractivity contribution in [2.45, 2.75) is 18.4 Å². The number of esters is 1. The van der Waals surface area contributed by atoms with Crippen molar-refractivity contribution in [1.82, 2.24) is 0 Å². The van der Waals surface area contributed by atoms with Gasteiger partial charge in [0.25, 0.3) is 0 Å². The minimum atomic E-state index is -0.387. The Labute approximate surface area is 101 Å². The topological polar surface area (TPSA) is 61.5 Å². The van der Waals surface area contributed by atoms with E-state index >= 15 is 0 Å². The second-order valence-electron chi connectivity index (χ2n) is 4.34. The van der Waals surface area contributed by atoms with Crippen molar-refractivity contribution in [1.29, 1.82) is 0 Å². The van der Waals surface area contributed by atoms with Crippen LogP contribution < -0.4 is 5.73 Å². The van der Waals surface area contributed by atoms with E-state index in [4.69, 9.17) is 15.2 Å². The summed E-state index contributed by atoms with van der Waals surface area (Å²) in [6, 6.07) is 7.35. The standard InChI is InChI=1S/C13H17NO3/c1-16-12(15)10-3-2-4-11(9-10)13(14)5-7-17-8-6-13/h2-4,9H,5-8,14H2,1H3. The van der Waals surface area contributed by atoms with Crippen molar-refractivity contribution in [2.24, 2.45) is 5.73 Å². The molecule has 4 heteroatoms. The maximum atomic E-state index is 11.5. The summed E-state index contributed by atoms with van der Waals surface area (Å²) in [5.74, 6) is -0.331. The van der Waals surface area contributed by atoms with Crippen molar-refractivity contribution in [3.05, 3.63) is 35.4 Å². The molecule has 2 N–H and O–H groups in total. The summed E-state index contributed by atoms with van der Waals surface area (Å²) in [6.07, 6.45) is 1.55. The normalized spacial score (nSPS) is 18.7. The number of methoxy groups -OCH3 is 1. The number of rotatable bonds is 2. The number of nitrogens with two attached hydrogens (primary N) is 1. The predicted octanol–water partition coefficient (Wildman–Crippen LogP) is 1.44. The summed E-state index contributed by atoms with van der Waals surface area (Å²) in [7, 11) is 1.38. The van der Waals surface area contributed by atoms with Gasteiger partial charge in [-0.15, -0.1) is 0 Å². The van der Waals surface area contributed by atoms with E-state index < -0.39 is 0 Å². The Balaban J connectivity index is 2.29. The van der Waals surface area contributed by atoms with Crippen LogP contribution in [0.4, 0.5) is 0 Å². The van der Waals surface area contributed by atoms with E-state index in [9.17, 15) is 4.79 Å². The molecule has 0 aromatic heterocycles. The number of carbonyl (C=O) groups is 1. The summed E-state index contributed by atoms with van der Waals surface area (Å²) >= 11 is 0. The fraction of sp³-hybridized carbons (Fsp3) is 0.462. The third kappa shape index (κ3) is 2.48. The smallest absolute Gasteiger partial charge is 0.337 e. The number of hydrogen-bond acceptors (Lipinski definition) is 4. The van der Waals surface area contributed by atoms with E-state index in [-0.39, 0.29) is 11.5 Å². The van der Waals surface area contributed by atoms with Gasteiger partial charge < -0.3 is 15.2 Å². The molecular weight excluding hydrogens is 218 g/mol. The lowest BCUT2D eigenvalue weighted by atomic mass is 9.83. The first-order chi connectivity index (χ1) is 8.15. The molecule has 1 saturated heterocycles. The predicted molar refractivity (Wildman–Crippen MR) is 63.7 cm³/mol. The van der Waals surface area contributed by atoms with Gasteiger partial charge in [-0.3, -0.25) is 0 Å². The molecule has 1 aromatic rings. The number of carbonyl (C=O) groups excluding carboxylic acids is 1. The van der Waals surface area contributed by atoms with Gasteiger partial charge in [0.2, 0.25) is 0 Å². The Bertz CT molecular complexity index is 411. The second kappa shape index (κ2) is 4.85. The number of ether oxygens (including phenoxy) is 2. The highest BCUT2D eigenvalue weighted by Crippen LogP contribution is 2.29. The Hall–Kier alpha value is -1.39. The van der Waals surface area contributed by atoms with Gasteiger partial charge in [0.15, 0.2) is 0 Å². The van der Waals surface area contributed by atoms with Crippen molar-refractivity contribution >= 4 is 5.97 Å². The molecule has 4 nitrogen and oxygen atoms in total. The molecule has 0 spiro atoms. The molecule has 1 fully saturated rings. The average molecular weight is 235 g/mol. The first-order valence-electron chi connectivity index (χ1n) is 5.71. The highest BCUT2D eigenvalue weighted by Gasteiger charge is 2.30. The highest BCUT2D eigenvalue weighted by atomic mass is 16.5. The van der Waals surface area contributed by atoms with Gasteiger partial charge in [-0.1, -0.05) is 12.1 Å². The third-order valence-corrected chi connectivity index (χ3v) is 3.24. The fourth-order valence-electron chi connectivity index (χ4n) is 2.10. The molecule has 0 unspecified atom stereocenters. The van der Waals surface area contributed by atoms with E-state index in [1.807, 2.05) is 18.2 Å². The zero-order valence-corrected chi connectivity index (χ0v) is 9.94. The lowest BCUT2D eigenvalue weighted by molar-refractivity contribution is 0.0521. The van der Waals surface area contributed by atoms with Crippen molar-refractivity contribution in [3.63, 3.8) is 0 Å². The fourth-order valence-corrected chi connectivity index (χ4v) is 2.10. The van der Waals surface area contributed by atoms with Crippen LogP contribution >= 0.6 is 0 Å². The molecule has 0 saturated carbocycles. The first kappa shape index (κ1) is 12.1. The van der Waals surface area contributed by atoms with Crippen LogP contribution in [0.15, 0.2) is 24.3 Å². The molecular formula is C13H17NO3. The summed E-state index contributed by atoms with van der Waals surface area (Å²) in [5, 5.41) is 0. The quantitative estimate of drug-likeness (QED) is 0.788. The number of hydrogen-bond donors (Lipinski definition) is 1. The van der Waals surface area contributed by atoms with Gasteiger partial charge in [-0.25, -0.2) is 4.79 Å². The van der Waals surface area contributed by atoms with Crippen LogP contribution in [0, 0.1) is 0 Å². The van der Waals surface area contributed by atoms with E-state index in [0.29, 0.717) is 18.8 Å². The van der Waals surface area contributed by atoms with Gasteiger partial charge in [0.05, 0.1) is 12.7 Å². The molecule has 1 heterocycles. The lowest BCUT2D eigenvalue weighted by Gasteiger charge is -2.34. The summed E-state index contributed by atoms with van der Waals surface area (Å²) in [5.41, 5.74) is 7.49. The molecule has 0 atom stereocenters. The van der Waals surface area contributed by atoms with Crippen LogP contribution in [0.3, 0.4) is 0 Å². The Kier molecular flexibility index (Phi) is 3.45. The minimum Gasteiger partial charge on any atom is -0.465 e. The molecule has 1 aliphatic heterocycles. The van der Waals surface area contributed by atoms with Gasteiger partial charge in [0, 0.05) is 18.8 Å². The van der Waals surface area contributed by atoms with Gasteiger partial charge in [-0.05, 0) is 30.5 Å². The van der Waals surface area contributed by atoms with Gasteiger partial charge in [0.1, 0.15) is 0 Å². The molecule has 0 bridgehead atoms. The van der Waals surface area contributed by atoms with Crippen LogP contribution in [0.5, 0.6) is 0 Å². The van der Waals surface area contributed by atoms with E-state index in [1.54, 1.807) is 6.07 Å². The second-order valence-corrected chi connectivity index (χ2v) is 4.34. The molecule has 17 heavy (non-hydrogen) atoms. The summed E-state index contributed by atoms with van der Waals surface area (Å²) in [6.45, 7) is 1.33. The largest absolute Gasteiger partial charge is 0.465 e. The van der Waals surface area contributed by atoms with Gasteiger partial charge >= 0.3 is 5.97 Å². The third-order valence-electron chi connectivity index (χ3n) is 3.24. The minimum absolute atomic E-state index is 0.331. The van der Waals surface area contributed by atoms with Crippen LogP contribution in [0.1, 0.15) is 28.8 Å². The van der Waals surface area contributed by atoms with Crippen LogP contribution in [-0.2, 0) is 15.0 Å². The number of benzene rings is 1. The van der Waals surface area contributed by atoms with Gasteiger partial charge in [-0.2, -0.15) is 0 Å². The molecule has 0 radical (unpaired) electrons. The highest BCUT2D eigenvalue weighted by molar-refractivity contribution is 5.89. The van der Waals surface area contributed by atoms with E-state index in [1.165, 1.54) is 7.11 Å². The Morgan fingerprint density at radius 2 is 2.12 bits per heavy atom. The van der Waals surface area contributed by atoms with Crippen LogP contribution in [0.2, 0.25) is 0 Å². The summed E-state index contributed by atoms with van der Waals surface area (Å²) < 4.78 is 10.0. The van der Waals surface area contributed by atoms with E-state index in [2.05, 4.69) is 0 Å². The average Bonchev–Trinajstić information content (AvgIpc) is 2.39. The van der Waals surface area contributed by atoms with Crippen molar-refractivity contribution < 1.29 is 14.3 Å². The van der Waals surface area contributed by atoms with E-state index in [0.717, 1.165) is 18.4 Å². The lowest BCUT2D eigenvalue weighted by Crippen LogP contribution is -2.42. The zero-order chi connectivity index (χ0) is 12.3. The molecule has 1 aliphatic rings. The zero-order valence-electron chi connectivity index (χ0n) is 9.94. The van der Waals surface area contributed by atoms with Crippen molar-refractivity contribution in [3.8, 4) is 0 Å². The maximum absolute atomic E-state index is 11.5. The molecule has 2 rings (SSSR count). The van der Waals surface area contributed by atoms with Crippen LogP contribution in [-0.4, -0.2) is 26.3 Å². The maximum Gasteiger partial charge on any atom is 0.337 e. The monoisotopic (exact) mass is 235 g/mol. The Morgan fingerprint density at radius 1 is 1.41 bits per heavy atom. The van der Waals surface area contributed by atoms with Crippen LogP contribution in [0.25, 0.3) is 0 Å². The SMILES string of the molecule is COC(=O)c1cccc(C2(N)CCOCC2)c1. The van der Waals surface area contributed by atoms with Crippen molar-refractivity contribution in [2.75, 3.05) is 20.3 Å². The molecule has 0 amide bonds. The molecule has 1 aromatic carbocycles. The summed E-state index contributed by atoms with van der Waals surface area (Å²) in [4.78, 5) is 11.5. The molecule has 92 valence electrons. The Morgan fingerprint density at radius 3 is 2.76 bits per heavy atom. The first-order valence-corrected chi connectivity index (χ1v) is 5.71. The molecule has 0 aliphatic carbocycles.